The summed E-state index contributed by atoms with van der Waals surface area (Å²) >= 11 is 0. The molecule has 0 bridgehead atoms. The summed E-state index contributed by atoms with van der Waals surface area (Å²) in [4.78, 5) is 27.8. The zero-order valence-electron chi connectivity index (χ0n) is 15.7. The highest BCUT2D eigenvalue weighted by Gasteiger charge is 2.35. The van der Waals surface area contributed by atoms with Gasteiger partial charge in [0.2, 0.25) is 0 Å². The molecule has 0 fully saturated rings. The number of carboxylic acids is 2. The minimum Gasteiger partial charge on any atom is -0.481 e. The standard InChI is InChI=1S/C20H24N2O5/c1-5-8-27-18(20(25)26)16(19(23)24)11-15-9-12(2)10-17(21-15)22-13(3)6-7-14(22)4/h5-7,9-10,16,18H,1,8,11H2,2-4H3,(H,23,24)(H,25,26). The molecule has 7 heteroatoms. The maximum atomic E-state index is 11.7. The highest BCUT2D eigenvalue weighted by atomic mass is 16.5. The van der Waals surface area contributed by atoms with Gasteiger partial charge < -0.3 is 19.5 Å². The van der Waals surface area contributed by atoms with Crippen molar-refractivity contribution in [1.82, 2.24) is 9.55 Å². The number of hydrogen-bond acceptors (Lipinski definition) is 4. The molecular formula is C20H24N2O5. The van der Waals surface area contributed by atoms with E-state index in [0.717, 1.165) is 17.0 Å². The summed E-state index contributed by atoms with van der Waals surface area (Å²) < 4.78 is 7.16. The predicted molar refractivity (Wildman–Crippen MR) is 100 cm³/mol. The second-order valence-electron chi connectivity index (χ2n) is 6.48. The molecule has 0 aliphatic carbocycles. The highest BCUT2D eigenvalue weighted by Crippen LogP contribution is 2.20. The molecule has 2 rings (SSSR count). The molecule has 0 saturated carbocycles. The molecule has 2 aromatic rings. The topological polar surface area (TPSA) is 102 Å². The summed E-state index contributed by atoms with van der Waals surface area (Å²) in [7, 11) is 0. The van der Waals surface area contributed by atoms with Crippen LogP contribution in [0.2, 0.25) is 0 Å². The van der Waals surface area contributed by atoms with E-state index in [1.165, 1.54) is 6.08 Å². The van der Waals surface area contributed by atoms with Crippen LogP contribution in [0.4, 0.5) is 0 Å². The van der Waals surface area contributed by atoms with Gasteiger partial charge in [0.05, 0.1) is 12.5 Å². The molecule has 2 atom stereocenters. The number of aromatic nitrogens is 2. The average molecular weight is 372 g/mol. The fraction of sp³-hybridized carbons (Fsp3) is 0.350. The van der Waals surface area contributed by atoms with Gasteiger partial charge in [0.15, 0.2) is 6.10 Å². The first-order valence-corrected chi connectivity index (χ1v) is 8.55. The van der Waals surface area contributed by atoms with Gasteiger partial charge in [-0.3, -0.25) is 4.79 Å². The van der Waals surface area contributed by atoms with Gasteiger partial charge in [-0.1, -0.05) is 6.08 Å². The highest BCUT2D eigenvalue weighted by molar-refractivity contribution is 5.82. The van der Waals surface area contributed by atoms with Gasteiger partial charge >= 0.3 is 11.9 Å². The van der Waals surface area contributed by atoms with Crippen molar-refractivity contribution in [1.29, 1.82) is 0 Å². The first-order valence-electron chi connectivity index (χ1n) is 8.55. The maximum absolute atomic E-state index is 11.7. The molecule has 7 nitrogen and oxygen atoms in total. The normalized spacial score (nSPS) is 13.1. The van der Waals surface area contributed by atoms with Gasteiger partial charge in [0.1, 0.15) is 5.82 Å². The molecule has 144 valence electrons. The lowest BCUT2D eigenvalue weighted by atomic mass is 9.95. The number of rotatable bonds is 9. The Bertz CT molecular complexity index is 837. The van der Waals surface area contributed by atoms with Crippen molar-refractivity contribution in [3.8, 4) is 5.82 Å². The number of aliphatic carboxylic acids is 2. The van der Waals surface area contributed by atoms with Crippen LogP contribution in [0.3, 0.4) is 0 Å². The lowest BCUT2D eigenvalue weighted by Gasteiger charge is -2.20. The van der Waals surface area contributed by atoms with Crippen molar-refractivity contribution in [2.75, 3.05) is 6.61 Å². The molecule has 0 spiro atoms. The molecule has 2 N–H and O–H groups in total. The SMILES string of the molecule is C=CCOC(C(=O)O)C(Cc1cc(C)cc(-n2c(C)ccc2C)n1)C(=O)O. The van der Waals surface area contributed by atoms with Crippen LogP contribution in [0, 0.1) is 26.7 Å². The minimum absolute atomic E-state index is 0.0466. The molecular weight excluding hydrogens is 348 g/mol. The smallest absolute Gasteiger partial charge is 0.333 e. The van der Waals surface area contributed by atoms with E-state index < -0.39 is 24.0 Å². The second kappa shape index (κ2) is 8.64. The Hall–Kier alpha value is -2.93. The Morgan fingerprint density at radius 1 is 1.19 bits per heavy atom. The Kier molecular flexibility index (Phi) is 6.52. The van der Waals surface area contributed by atoms with E-state index in [9.17, 15) is 19.8 Å². The van der Waals surface area contributed by atoms with Gasteiger partial charge in [0, 0.05) is 23.5 Å². The van der Waals surface area contributed by atoms with Crippen LogP contribution in [0.25, 0.3) is 5.82 Å². The number of nitrogens with zero attached hydrogens (tertiary/aromatic N) is 2. The molecule has 0 aliphatic rings. The monoisotopic (exact) mass is 372 g/mol. The zero-order valence-corrected chi connectivity index (χ0v) is 15.7. The molecule has 27 heavy (non-hydrogen) atoms. The van der Waals surface area contributed by atoms with Gasteiger partial charge in [-0.25, -0.2) is 9.78 Å². The number of ether oxygens (including phenoxy) is 1. The summed E-state index contributed by atoms with van der Waals surface area (Å²) in [5.41, 5.74) is 3.41. The van der Waals surface area contributed by atoms with E-state index in [2.05, 4.69) is 11.6 Å². The lowest BCUT2D eigenvalue weighted by Crippen LogP contribution is -2.39. The molecule has 2 aromatic heterocycles. The minimum atomic E-state index is -1.48. The quantitative estimate of drug-likeness (QED) is 0.656. The lowest BCUT2D eigenvalue weighted by molar-refractivity contribution is -0.163. The van der Waals surface area contributed by atoms with Crippen LogP contribution in [-0.4, -0.2) is 44.4 Å². The van der Waals surface area contributed by atoms with Crippen molar-refractivity contribution in [2.24, 2.45) is 5.92 Å². The molecule has 2 heterocycles. The van der Waals surface area contributed by atoms with Gasteiger partial charge in [0.25, 0.3) is 0 Å². The van der Waals surface area contributed by atoms with E-state index in [-0.39, 0.29) is 13.0 Å². The Balaban J connectivity index is 2.40. The third-order valence-electron chi connectivity index (χ3n) is 4.26. The van der Waals surface area contributed by atoms with Crippen LogP contribution in [-0.2, 0) is 20.7 Å². The fourth-order valence-electron chi connectivity index (χ4n) is 3.05. The van der Waals surface area contributed by atoms with Crippen LogP contribution in [0.5, 0.6) is 0 Å². The molecule has 0 amide bonds. The summed E-state index contributed by atoms with van der Waals surface area (Å²) in [6.07, 6.45) is -0.159. The largest absolute Gasteiger partial charge is 0.481 e. The molecule has 0 aromatic carbocycles. The summed E-state index contributed by atoms with van der Waals surface area (Å²) in [5.74, 6) is -3.16. The Labute approximate surface area is 157 Å². The maximum Gasteiger partial charge on any atom is 0.333 e. The van der Waals surface area contributed by atoms with E-state index in [4.69, 9.17) is 4.74 Å². The third kappa shape index (κ3) is 4.83. The molecule has 0 saturated heterocycles. The van der Waals surface area contributed by atoms with Crippen LogP contribution < -0.4 is 0 Å². The Morgan fingerprint density at radius 3 is 2.33 bits per heavy atom. The number of pyridine rings is 1. The number of aryl methyl sites for hydroxylation is 3. The first-order chi connectivity index (χ1) is 12.7. The van der Waals surface area contributed by atoms with Crippen LogP contribution >= 0.6 is 0 Å². The second-order valence-corrected chi connectivity index (χ2v) is 6.48. The van der Waals surface area contributed by atoms with E-state index in [1.54, 1.807) is 6.07 Å². The predicted octanol–water partition coefficient (Wildman–Crippen LogP) is 2.70. The van der Waals surface area contributed by atoms with Crippen molar-refractivity contribution in [3.05, 3.63) is 59.6 Å². The number of carboxylic acid groups (broad SMARTS) is 2. The summed E-state index contributed by atoms with van der Waals surface area (Å²) in [6.45, 7) is 9.23. The van der Waals surface area contributed by atoms with E-state index >= 15 is 0 Å². The Morgan fingerprint density at radius 2 is 1.81 bits per heavy atom. The number of carbonyl (C=O) groups is 2. The van der Waals surface area contributed by atoms with Crippen molar-refractivity contribution < 1.29 is 24.5 Å². The summed E-state index contributed by atoms with van der Waals surface area (Å²) in [5, 5.41) is 18.9. The van der Waals surface area contributed by atoms with Crippen molar-refractivity contribution in [3.63, 3.8) is 0 Å². The fourth-order valence-corrected chi connectivity index (χ4v) is 3.05. The molecule has 0 radical (unpaired) electrons. The number of hydrogen-bond donors (Lipinski definition) is 2. The van der Waals surface area contributed by atoms with E-state index in [0.29, 0.717) is 11.5 Å². The zero-order chi connectivity index (χ0) is 20.1. The molecule has 0 aliphatic heterocycles. The van der Waals surface area contributed by atoms with Gasteiger partial charge in [-0.2, -0.15) is 0 Å². The van der Waals surface area contributed by atoms with E-state index in [1.807, 2.05) is 43.5 Å². The summed E-state index contributed by atoms with van der Waals surface area (Å²) in [6, 6.07) is 7.62. The molecule has 2 unspecified atom stereocenters. The van der Waals surface area contributed by atoms with Crippen molar-refractivity contribution >= 4 is 11.9 Å². The van der Waals surface area contributed by atoms with Gasteiger partial charge in [-0.05, 0) is 50.6 Å². The van der Waals surface area contributed by atoms with Crippen LogP contribution in [0.1, 0.15) is 22.6 Å². The average Bonchev–Trinajstić information content (AvgIpc) is 2.91. The third-order valence-corrected chi connectivity index (χ3v) is 4.26. The van der Waals surface area contributed by atoms with Crippen LogP contribution in [0.15, 0.2) is 36.9 Å². The van der Waals surface area contributed by atoms with Gasteiger partial charge in [-0.15, -0.1) is 6.58 Å². The van der Waals surface area contributed by atoms with Crippen molar-refractivity contribution in [2.45, 2.75) is 33.3 Å². The first kappa shape index (κ1) is 20.4.